The largest absolute Gasteiger partial charge is 0.436 e. The number of hydrogen-bond donors (Lipinski definition) is 1. The maximum absolute atomic E-state index is 11.2. The van der Waals surface area contributed by atoms with Crippen LogP contribution < -0.4 is 5.32 Å². The molecule has 0 saturated carbocycles. The lowest BCUT2D eigenvalue weighted by Crippen LogP contribution is -2.34. The Morgan fingerprint density at radius 2 is 2.35 bits per heavy atom. The molecule has 5 nitrogen and oxygen atoms in total. The van der Waals surface area contributed by atoms with Crippen LogP contribution in [-0.2, 0) is 11.2 Å². The highest BCUT2D eigenvalue weighted by Gasteiger charge is 2.14. The second-order valence-corrected chi connectivity index (χ2v) is 3.83. The van der Waals surface area contributed by atoms with Crippen molar-refractivity contribution in [1.82, 2.24) is 10.5 Å². The van der Waals surface area contributed by atoms with Gasteiger partial charge in [0.15, 0.2) is 6.61 Å². The molecule has 0 aliphatic rings. The molecule has 1 aromatic rings. The number of carbonyl (C=O) groups is 1. The van der Waals surface area contributed by atoms with Gasteiger partial charge in [0.1, 0.15) is 5.76 Å². The van der Waals surface area contributed by atoms with Crippen LogP contribution in [0.15, 0.2) is 4.52 Å². The number of terminal acetylenes is 1. The number of ether oxygens (including phenoxy) is 1. The second kappa shape index (κ2) is 5.94. The molecule has 0 bridgehead atoms. The first-order chi connectivity index (χ1) is 8.04. The molecule has 0 aliphatic heterocycles. The summed E-state index contributed by atoms with van der Waals surface area (Å²) in [7, 11) is 0. The van der Waals surface area contributed by atoms with Crippen molar-refractivity contribution in [1.29, 1.82) is 0 Å². The molecule has 5 heteroatoms. The van der Waals surface area contributed by atoms with Crippen LogP contribution in [0.4, 0.5) is 4.79 Å². The lowest BCUT2D eigenvalue weighted by Gasteiger charge is -2.12. The zero-order valence-corrected chi connectivity index (χ0v) is 10.2. The lowest BCUT2D eigenvalue weighted by molar-refractivity contribution is 0.156. The highest BCUT2D eigenvalue weighted by Crippen LogP contribution is 2.14. The van der Waals surface area contributed by atoms with E-state index in [-0.39, 0.29) is 12.6 Å². The fourth-order valence-electron chi connectivity index (χ4n) is 1.50. The number of aromatic nitrogens is 1. The summed E-state index contributed by atoms with van der Waals surface area (Å²) in [5, 5.41) is 6.53. The molecule has 0 spiro atoms. The van der Waals surface area contributed by atoms with Crippen LogP contribution in [0.3, 0.4) is 0 Å². The molecule has 1 atom stereocenters. The summed E-state index contributed by atoms with van der Waals surface area (Å²) < 4.78 is 9.76. The van der Waals surface area contributed by atoms with E-state index in [0.29, 0.717) is 6.42 Å². The van der Waals surface area contributed by atoms with Crippen molar-refractivity contribution < 1.29 is 14.1 Å². The predicted octanol–water partition coefficient (Wildman–Crippen LogP) is 1.58. The average Bonchev–Trinajstić information content (AvgIpc) is 2.58. The number of alkyl carbamates (subject to hydrolysis) is 1. The minimum absolute atomic E-state index is 0.0239. The van der Waals surface area contributed by atoms with Crippen molar-refractivity contribution in [2.24, 2.45) is 0 Å². The Balaban J connectivity index is 2.48. The van der Waals surface area contributed by atoms with E-state index < -0.39 is 6.09 Å². The Morgan fingerprint density at radius 1 is 1.65 bits per heavy atom. The van der Waals surface area contributed by atoms with Gasteiger partial charge >= 0.3 is 6.09 Å². The van der Waals surface area contributed by atoms with Crippen LogP contribution in [-0.4, -0.2) is 23.9 Å². The summed E-state index contributed by atoms with van der Waals surface area (Å²) >= 11 is 0. The van der Waals surface area contributed by atoms with Crippen molar-refractivity contribution >= 4 is 6.09 Å². The molecule has 92 valence electrons. The van der Waals surface area contributed by atoms with Gasteiger partial charge in [0.25, 0.3) is 0 Å². The van der Waals surface area contributed by atoms with Crippen LogP contribution in [0.2, 0.25) is 0 Å². The fraction of sp³-hybridized carbons (Fsp3) is 0.500. The standard InChI is InChI=1S/C12H16N2O3/c1-5-6-16-12(15)13-8(2)7-11-9(3)14-17-10(11)4/h1,8H,6-7H2,2-4H3,(H,13,15)/t8-/m1/s1. The fourth-order valence-corrected chi connectivity index (χ4v) is 1.50. The summed E-state index contributed by atoms with van der Waals surface area (Å²) in [5.74, 6) is 3.00. The summed E-state index contributed by atoms with van der Waals surface area (Å²) in [6, 6.07) is -0.0722. The van der Waals surface area contributed by atoms with E-state index in [9.17, 15) is 4.79 Å². The van der Waals surface area contributed by atoms with Gasteiger partial charge < -0.3 is 14.6 Å². The van der Waals surface area contributed by atoms with Crippen molar-refractivity contribution in [2.75, 3.05) is 6.61 Å². The van der Waals surface area contributed by atoms with Crippen molar-refractivity contribution in [2.45, 2.75) is 33.2 Å². The van der Waals surface area contributed by atoms with E-state index >= 15 is 0 Å². The Bertz CT molecular complexity index is 412. The lowest BCUT2D eigenvalue weighted by atomic mass is 10.1. The van der Waals surface area contributed by atoms with Gasteiger partial charge in [-0.3, -0.25) is 0 Å². The van der Waals surface area contributed by atoms with Crippen LogP contribution in [0.25, 0.3) is 0 Å². The SMILES string of the molecule is C#CCOC(=O)N[C@H](C)Cc1c(C)noc1C. The van der Waals surface area contributed by atoms with Crippen molar-refractivity contribution in [3.63, 3.8) is 0 Å². The van der Waals surface area contributed by atoms with E-state index in [1.165, 1.54) is 0 Å². The predicted molar refractivity (Wildman–Crippen MR) is 62.5 cm³/mol. The molecule has 0 unspecified atom stereocenters. The number of aryl methyl sites for hydroxylation is 2. The van der Waals surface area contributed by atoms with E-state index in [0.717, 1.165) is 17.0 Å². The number of amides is 1. The topological polar surface area (TPSA) is 64.4 Å². The van der Waals surface area contributed by atoms with Crippen LogP contribution in [0, 0.1) is 26.2 Å². The maximum atomic E-state index is 11.2. The molecule has 17 heavy (non-hydrogen) atoms. The van der Waals surface area contributed by atoms with E-state index in [4.69, 9.17) is 15.7 Å². The van der Waals surface area contributed by atoms with Gasteiger partial charge in [-0.25, -0.2) is 4.79 Å². The van der Waals surface area contributed by atoms with Gasteiger partial charge in [0, 0.05) is 11.6 Å². The maximum Gasteiger partial charge on any atom is 0.408 e. The molecular formula is C12H16N2O3. The average molecular weight is 236 g/mol. The monoisotopic (exact) mass is 236 g/mol. The van der Waals surface area contributed by atoms with Crippen LogP contribution in [0.5, 0.6) is 0 Å². The summed E-state index contributed by atoms with van der Waals surface area (Å²) in [6.07, 6.45) is 5.11. The number of rotatable bonds is 4. The second-order valence-electron chi connectivity index (χ2n) is 3.83. The third-order valence-corrected chi connectivity index (χ3v) is 2.34. The zero-order valence-electron chi connectivity index (χ0n) is 10.2. The first-order valence-corrected chi connectivity index (χ1v) is 5.33. The van der Waals surface area contributed by atoms with Crippen LogP contribution in [0.1, 0.15) is 23.9 Å². The molecule has 0 fully saturated rings. The number of nitrogens with one attached hydrogen (secondary N) is 1. The van der Waals surface area contributed by atoms with Gasteiger partial charge in [0.2, 0.25) is 0 Å². The molecule has 1 aromatic heterocycles. The number of hydrogen-bond acceptors (Lipinski definition) is 4. The van der Waals surface area contributed by atoms with Crippen molar-refractivity contribution in [3.8, 4) is 12.3 Å². The minimum atomic E-state index is -0.512. The van der Waals surface area contributed by atoms with Gasteiger partial charge in [-0.1, -0.05) is 11.1 Å². The molecule has 0 aromatic carbocycles. The molecule has 1 amide bonds. The third kappa shape index (κ3) is 3.83. The smallest absolute Gasteiger partial charge is 0.408 e. The molecule has 1 N–H and O–H groups in total. The molecule has 1 heterocycles. The molecule has 1 rings (SSSR count). The normalized spacial score (nSPS) is 11.6. The van der Waals surface area contributed by atoms with Gasteiger partial charge in [-0.15, -0.1) is 6.42 Å². The Labute approximate surface area is 101 Å². The Hall–Kier alpha value is -1.96. The van der Waals surface area contributed by atoms with Crippen LogP contribution >= 0.6 is 0 Å². The Morgan fingerprint density at radius 3 is 2.88 bits per heavy atom. The molecule has 0 aliphatic carbocycles. The van der Waals surface area contributed by atoms with Gasteiger partial charge in [-0.05, 0) is 27.2 Å². The summed E-state index contributed by atoms with van der Waals surface area (Å²) in [5.41, 5.74) is 1.85. The van der Waals surface area contributed by atoms with Gasteiger partial charge in [-0.2, -0.15) is 0 Å². The van der Waals surface area contributed by atoms with Gasteiger partial charge in [0.05, 0.1) is 5.69 Å². The zero-order chi connectivity index (χ0) is 12.8. The molecular weight excluding hydrogens is 220 g/mol. The summed E-state index contributed by atoms with van der Waals surface area (Å²) in [4.78, 5) is 11.2. The molecule has 0 radical (unpaired) electrons. The number of nitrogens with zero attached hydrogens (tertiary/aromatic N) is 1. The van der Waals surface area contributed by atoms with E-state index in [1.54, 1.807) is 0 Å². The van der Waals surface area contributed by atoms with E-state index in [1.807, 2.05) is 20.8 Å². The molecule has 0 saturated heterocycles. The van der Waals surface area contributed by atoms with E-state index in [2.05, 4.69) is 16.4 Å². The summed E-state index contributed by atoms with van der Waals surface area (Å²) in [6.45, 7) is 5.57. The first-order valence-electron chi connectivity index (χ1n) is 5.33. The minimum Gasteiger partial charge on any atom is -0.436 e. The number of carbonyl (C=O) groups excluding carboxylic acids is 1. The highest BCUT2D eigenvalue weighted by molar-refractivity contribution is 5.67. The first kappa shape index (κ1) is 13.1. The van der Waals surface area contributed by atoms with Crippen molar-refractivity contribution in [3.05, 3.63) is 17.0 Å². The Kier molecular flexibility index (Phi) is 4.58. The third-order valence-electron chi connectivity index (χ3n) is 2.34. The highest BCUT2D eigenvalue weighted by atomic mass is 16.5. The quantitative estimate of drug-likeness (QED) is 0.806.